The van der Waals surface area contributed by atoms with Crippen molar-refractivity contribution in [1.82, 2.24) is 10.2 Å². The van der Waals surface area contributed by atoms with Crippen molar-refractivity contribution >= 4 is 39.0 Å². The van der Waals surface area contributed by atoms with E-state index in [2.05, 4.69) is 5.32 Å². The minimum Gasteiger partial charge on any atom is -0.611 e. The smallest absolute Gasteiger partial charge is 0.294 e. The second-order valence-electron chi connectivity index (χ2n) is 9.48. The van der Waals surface area contributed by atoms with Crippen LogP contribution in [0.3, 0.4) is 0 Å². The van der Waals surface area contributed by atoms with Gasteiger partial charge in [-0.2, -0.15) is 8.42 Å². The van der Waals surface area contributed by atoms with E-state index in [0.717, 1.165) is 18.4 Å². The van der Waals surface area contributed by atoms with Gasteiger partial charge in [0.1, 0.15) is 16.2 Å². The molecule has 3 unspecified atom stereocenters. The Balaban J connectivity index is 1.74. The number of unbranched alkanes of at least 4 members (excludes halogenated alkanes) is 2. The van der Waals surface area contributed by atoms with E-state index in [0.29, 0.717) is 28.9 Å². The van der Waals surface area contributed by atoms with E-state index in [1.54, 1.807) is 37.3 Å². The first kappa shape index (κ1) is 27.3. The number of carbonyl (C=O) groups is 3. The summed E-state index contributed by atoms with van der Waals surface area (Å²) >= 11 is -1.77. The third-order valence-corrected chi connectivity index (χ3v) is 9.62. The lowest BCUT2D eigenvalue weighted by molar-refractivity contribution is -0.136. The minimum absolute atomic E-state index is 0.0585. The molecule has 0 aliphatic carbocycles. The molecule has 2 heterocycles. The number of amides is 3. The van der Waals surface area contributed by atoms with E-state index in [1.807, 2.05) is 6.92 Å². The van der Waals surface area contributed by atoms with Gasteiger partial charge in [-0.1, -0.05) is 37.5 Å². The van der Waals surface area contributed by atoms with Crippen molar-refractivity contribution in [3.8, 4) is 0 Å². The van der Waals surface area contributed by atoms with Gasteiger partial charge in [0.2, 0.25) is 11.8 Å². The van der Waals surface area contributed by atoms with Crippen molar-refractivity contribution in [1.29, 1.82) is 0 Å². The summed E-state index contributed by atoms with van der Waals surface area (Å²) in [4.78, 5) is 38.8. The summed E-state index contributed by atoms with van der Waals surface area (Å²) in [7, 11) is -4.56. The number of hydrogen-bond donors (Lipinski definition) is 2. The first-order chi connectivity index (χ1) is 17.5. The van der Waals surface area contributed by atoms with Gasteiger partial charge in [-0.15, -0.1) is 0 Å². The lowest BCUT2D eigenvalue weighted by Gasteiger charge is -2.29. The zero-order valence-corrected chi connectivity index (χ0v) is 22.4. The number of imide groups is 1. The SMILES string of the molecule is CCCCCC(c1cc(C)ccc1S(=O)(=O)O)[S+]([O-])c1cccc2c1CN(C1CCC(=O)NC1=O)C2=O. The fourth-order valence-electron chi connectivity index (χ4n) is 5.01. The monoisotopic (exact) mass is 546 g/mol. The normalized spacial score (nSPS) is 19.5. The van der Waals surface area contributed by atoms with Crippen molar-refractivity contribution in [3.63, 3.8) is 0 Å². The van der Waals surface area contributed by atoms with Gasteiger partial charge >= 0.3 is 0 Å². The van der Waals surface area contributed by atoms with Crippen molar-refractivity contribution in [2.24, 2.45) is 0 Å². The number of hydrogen-bond acceptors (Lipinski definition) is 6. The fourth-order valence-corrected chi connectivity index (χ4v) is 7.57. The molecule has 2 aliphatic heterocycles. The molecule has 4 rings (SSSR count). The van der Waals surface area contributed by atoms with Gasteiger partial charge < -0.3 is 9.45 Å². The van der Waals surface area contributed by atoms with Gasteiger partial charge in [0, 0.05) is 23.1 Å². The van der Waals surface area contributed by atoms with Gasteiger partial charge in [0.05, 0.1) is 6.54 Å². The Morgan fingerprint density at radius 1 is 1.19 bits per heavy atom. The van der Waals surface area contributed by atoms with E-state index in [4.69, 9.17) is 0 Å². The predicted octanol–water partition coefficient (Wildman–Crippen LogP) is 3.43. The Kier molecular flexibility index (Phi) is 8.08. The number of nitrogens with one attached hydrogen (secondary N) is 1. The fraction of sp³-hybridized carbons (Fsp3) is 0.423. The summed E-state index contributed by atoms with van der Waals surface area (Å²) in [5.41, 5.74) is 1.90. The first-order valence-corrected chi connectivity index (χ1v) is 14.9. The Labute approximate surface area is 219 Å². The summed E-state index contributed by atoms with van der Waals surface area (Å²) in [6.45, 7) is 3.88. The first-order valence-electron chi connectivity index (χ1n) is 12.3. The molecule has 2 N–H and O–H groups in total. The maximum absolute atomic E-state index is 14.2. The van der Waals surface area contributed by atoms with Crippen LogP contribution in [-0.4, -0.2) is 46.2 Å². The second-order valence-corrected chi connectivity index (χ2v) is 12.5. The summed E-state index contributed by atoms with van der Waals surface area (Å²) in [6.07, 6.45) is 3.22. The molecule has 198 valence electrons. The van der Waals surface area contributed by atoms with Gasteiger partial charge in [-0.25, -0.2) is 0 Å². The number of benzene rings is 2. The third kappa shape index (κ3) is 5.59. The third-order valence-electron chi connectivity index (χ3n) is 6.87. The highest BCUT2D eigenvalue weighted by molar-refractivity contribution is 7.91. The van der Waals surface area contributed by atoms with Crippen LogP contribution in [0.1, 0.15) is 77.7 Å². The lowest BCUT2D eigenvalue weighted by atomic mass is 10.0. The highest BCUT2D eigenvalue weighted by Crippen LogP contribution is 2.41. The highest BCUT2D eigenvalue weighted by Gasteiger charge is 2.42. The number of carbonyl (C=O) groups excluding carboxylic acids is 3. The van der Waals surface area contributed by atoms with Crippen molar-refractivity contribution < 1.29 is 31.9 Å². The molecule has 0 aromatic heterocycles. The van der Waals surface area contributed by atoms with Crippen LogP contribution in [0.25, 0.3) is 0 Å². The molecule has 0 saturated carbocycles. The molecule has 9 nitrogen and oxygen atoms in total. The lowest BCUT2D eigenvalue weighted by Crippen LogP contribution is -2.52. The molecule has 2 aromatic carbocycles. The number of rotatable bonds is 9. The number of nitrogens with zero attached hydrogens (tertiary/aromatic N) is 1. The topological polar surface area (TPSA) is 144 Å². The number of piperidine rings is 1. The molecular weight excluding hydrogens is 516 g/mol. The molecule has 1 saturated heterocycles. The Morgan fingerprint density at radius 2 is 1.95 bits per heavy atom. The maximum atomic E-state index is 14.2. The minimum atomic E-state index is -4.56. The van der Waals surface area contributed by atoms with E-state index in [-0.39, 0.29) is 41.7 Å². The molecule has 37 heavy (non-hydrogen) atoms. The largest absolute Gasteiger partial charge is 0.611 e. The van der Waals surface area contributed by atoms with Crippen LogP contribution in [0.5, 0.6) is 0 Å². The van der Waals surface area contributed by atoms with E-state index in [1.165, 1.54) is 11.0 Å². The molecule has 3 atom stereocenters. The number of aryl methyl sites for hydroxylation is 1. The van der Waals surface area contributed by atoms with Crippen LogP contribution in [0.15, 0.2) is 46.2 Å². The van der Waals surface area contributed by atoms with Crippen LogP contribution in [-0.2, 0) is 37.4 Å². The molecule has 1 fully saturated rings. The van der Waals surface area contributed by atoms with Gasteiger partial charge in [-0.3, -0.25) is 24.3 Å². The zero-order chi connectivity index (χ0) is 26.9. The standard InChI is InChI=1S/C26H30N2O7S2/c1-3-4-5-8-21(18-14-16(2)10-12-23(18)37(33,34)35)36(32)22-9-6-7-17-19(22)15-28(26(17)31)20-11-13-24(29)27-25(20)30/h6-7,9-10,12,14,20-21H,3-5,8,11,13,15H2,1-2H3,(H,27,29,30)(H,33,34,35). The highest BCUT2D eigenvalue weighted by atomic mass is 32.2. The Bertz CT molecular complexity index is 1340. The zero-order valence-electron chi connectivity index (χ0n) is 20.7. The van der Waals surface area contributed by atoms with Crippen LogP contribution in [0.4, 0.5) is 0 Å². The average molecular weight is 547 g/mol. The molecule has 0 bridgehead atoms. The van der Waals surface area contributed by atoms with E-state index < -0.39 is 38.5 Å². The maximum Gasteiger partial charge on any atom is 0.294 e. The molecule has 2 aliphatic rings. The van der Waals surface area contributed by atoms with Crippen molar-refractivity contribution in [2.45, 2.75) is 80.0 Å². The predicted molar refractivity (Wildman–Crippen MR) is 137 cm³/mol. The molecule has 11 heteroatoms. The van der Waals surface area contributed by atoms with Crippen LogP contribution in [0, 0.1) is 6.92 Å². The summed E-state index contributed by atoms with van der Waals surface area (Å²) in [5, 5.41) is 1.53. The van der Waals surface area contributed by atoms with Crippen molar-refractivity contribution in [3.05, 3.63) is 58.7 Å². The van der Waals surface area contributed by atoms with Crippen molar-refractivity contribution in [2.75, 3.05) is 0 Å². The van der Waals surface area contributed by atoms with Gasteiger partial charge in [-0.05, 0) is 61.6 Å². The van der Waals surface area contributed by atoms with Crippen LogP contribution in [0.2, 0.25) is 0 Å². The summed E-state index contributed by atoms with van der Waals surface area (Å²) in [5.74, 6) is -1.29. The van der Waals surface area contributed by atoms with Crippen LogP contribution < -0.4 is 5.32 Å². The van der Waals surface area contributed by atoms with Crippen LogP contribution >= 0.6 is 0 Å². The summed E-state index contributed by atoms with van der Waals surface area (Å²) < 4.78 is 48.5. The number of fused-ring (bicyclic) bond motifs is 1. The quantitative estimate of drug-likeness (QED) is 0.212. The van der Waals surface area contributed by atoms with E-state index >= 15 is 0 Å². The Morgan fingerprint density at radius 3 is 2.62 bits per heavy atom. The molecule has 3 amide bonds. The second kappa shape index (κ2) is 10.9. The van der Waals surface area contributed by atoms with E-state index in [9.17, 15) is 31.9 Å². The van der Waals surface area contributed by atoms with Gasteiger partial charge in [0.25, 0.3) is 16.0 Å². The molecule has 0 spiro atoms. The average Bonchev–Trinajstić information content (AvgIpc) is 3.17. The molecule has 2 aromatic rings. The summed E-state index contributed by atoms with van der Waals surface area (Å²) in [6, 6.07) is 8.65. The Hall–Kier alpha value is -2.73. The molecular formula is C26H30N2O7S2. The molecule has 0 radical (unpaired) electrons. The van der Waals surface area contributed by atoms with Gasteiger partial charge in [0.15, 0.2) is 4.90 Å².